The lowest BCUT2D eigenvalue weighted by atomic mass is 10.3. The number of likely N-dealkylation sites (N-methyl/N-ethyl adjacent to an activating group) is 1. The van der Waals surface area contributed by atoms with Gasteiger partial charge in [-0.05, 0) is 30.8 Å². The molecule has 1 heterocycles. The van der Waals surface area contributed by atoms with Crippen LogP contribution >= 0.6 is 12.4 Å². The number of nitrogens with zero attached hydrogens (tertiary/aromatic N) is 2. The normalized spacial score (nSPS) is 16.5. The molecule has 0 aromatic heterocycles. The zero-order valence-corrected chi connectivity index (χ0v) is 14.3. The molecule has 1 aliphatic heterocycles. The highest BCUT2D eigenvalue weighted by molar-refractivity contribution is 5.85. The zero-order valence-electron chi connectivity index (χ0n) is 13.5. The molecular formula is C17H27ClN2O2. The van der Waals surface area contributed by atoms with E-state index in [-0.39, 0.29) is 12.4 Å². The summed E-state index contributed by atoms with van der Waals surface area (Å²) in [5.74, 6) is 1.72. The molecule has 0 N–H and O–H groups in total. The fraction of sp³-hybridized carbons (Fsp3) is 0.529. The van der Waals surface area contributed by atoms with E-state index in [9.17, 15) is 0 Å². The molecule has 124 valence electrons. The molecule has 0 bridgehead atoms. The first-order valence-electron chi connectivity index (χ1n) is 7.68. The van der Waals surface area contributed by atoms with Gasteiger partial charge < -0.3 is 14.4 Å². The molecule has 0 amide bonds. The molecule has 1 aromatic rings. The molecule has 0 unspecified atom stereocenters. The predicted molar refractivity (Wildman–Crippen MR) is 93.4 cm³/mol. The van der Waals surface area contributed by atoms with Crippen LogP contribution in [-0.4, -0.2) is 62.8 Å². The Labute approximate surface area is 140 Å². The summed E-state index contributed by atoms with van der Waals surface area (Å²) in [6, 6.07) is 7.67. The van der Waals surface area contributed by atoms with Crippen molar-refractivity contribution in [2.45, 2.75) is 6.92 Å². The maximum absolute atomic E-state index is 5.66. The number of hydrogen-bond donors (Lipinski definition) is 0. The van der Waals surface area contributed by atoms with Gasteiger partial charge in [-0.15, -0.1) is 12.4 Å². The van der Waals surface area contributed by atoms with E-state index in [0.717, 1.165) is 31.1 Å². The monoisotopic (exact) mass is 326 g/mol. The number of halogens is 1. The van der Waals surface area contributed by atoms with Crippen molar-refractivity contribution in [3.8, 4) is 11.5 Å². The zero-order chi connectivity index (χ0) is 14.9. The topological polar surface area (TPSA) is 24.9 Å². The average molecular weight is 327 g/mol. The third-order valence-electron chi connectivity index (χ3n) is 3.85. The van der Waals surface area contributed by atoms with Crippen LogP contribution in [-0.2, 0) is 0 Å². The van der Waals surface area contributed by atoms with Crippen LogP contribution in [0.3, 0.4) is 0 Å². The van der Waals surface area contributed by atoms with Gasteiger partial charge in [0.15, 0.2) is 0 Å². The Hall–Kier alpha value is -1.23. The summed E-state index contributed by atoms with van der Waals surface area (Å²) in [5.41, 5.74) is 0. The second-order valence-corrected chi connectivity index (χ2v) is 5.19. The molecule has 0 saturated carbocycles. The van der Waals surface area contributed by atoms with E-state index in [4.69, 9.17) is 9.47 Å². The Kier molecular flexibility index (Phi) is 8.97. The van der Waals surface area contributed by atoms with Gasteiger partial charge in [-0.1, -0.05) is 19.1 Å². The summed E-state index contributed by atoms with van der Waals surface area (Å²) in [6.45, 7) is 9.73. The van der Waals surface area contributed by atoms with Crippen LogP contribution in [0.15, 0.2) is 36.4 Å². The van der Waals surface area contributed by atoms with Gasteiger partial charge in [0.25, 0.3) is 0 Å². The van der Waals surface area contributed by atoms with Gasteiger partial charge in [-0.25, -0.2) is 0 Å². The Bertz CT molecular complexity index is 429. The maximum Gasteiger partial charge on any atom is 0.120 e. The molecule has 0 radical (unpaired) electrons. The molecule has 5 heteroatoms. The number of piperazine rings is 1. The lowest BCUT2D eigenvalue weighted by Gasteiger charge is -2.33. The third-order valence-corrected chi connectivity index (χ3v) is 3.85. The number of methoxy groups -OCH3 is 1. The van der Waals surface area contributed by atoms with Crippen LogP contribution in [0.25, 0.3) is 0 Å². The van der Waals surface area contributed by atoms with Crippen LogP contribution in [0.1, 0.15) is 6.92 Å². The van der Waals surface area contributed by atoms with Gasteiger partial charge in [-0.3, -0.25) is 4.90 Å². The first kappa shape index (κ1) is 18.8. The molecular weight excluding hydrogens is 300 g/mol. The van der Waals surface area contributed by atoms with Gasteiger partial charge in [0.1, 0.15) is 18.1 Å². The minimum Gasteiger partial charge on any atom is -0.497 e. The highest BCUT2D eigenvalue weighted by Gasteiger charge is 2.13. The molecule has 0 spiro atoms. The summed E-state index contributed by atoms with van der Waals surface area (Å²) < 4.78 is 10.8. The van der Waals surface area contributed by atoms with Gasteiger partial charge in [-0.2, -0.15) is 0 Å². The largest absolute Gasteiger partial charge is 0.497 e. The second kappa shape index (κ2) is 10.5. The van der Waals surface area contributed by atoms with Crippen LogP contribution in [0.4, 0.5) is 0 Å². The van der Waals surface area contributed by atoms with E-state index in [1.807, 2.05) is 24.3 Å². The fourth-order valence-electron chi connectivity index (χ4n) is 2.40. The van der Waals surface area contributed by atoms with Crippen molar-refractivity contribution in [3.63, 3.8) is 0 Å². The lowest BCUT2D eigenvalue weighted by molar-refractivity contribution is 0.148. The van der Waals surface area contributed by atoms with Crippen molar-refractivity contribution in [3.05, 3.63) is 36.4 Å². The summed E-state index contributed by atoms with van der Waals surface area (Å²) in [6.07, 6.45) is 4.29. The van der Waals surface area contributed by atoms with Crippen molar-refractivity contribution in [1.29, 1.82) is 0 Å². The standard InChI is InChI=1S/C17H26N2O2.ClH/c1-3-18-11-13-19(14-12-18)10-4-5-15-21-17-8-6-16(20-2)7-9-17;/h4-9H,3,10-15H2,1-2H3;1H/b5-4+;. The van der Waals surface area contributed by atoms with Gasteiger partial charge >= 0.3 is 0 Å². The highest BCUT2D eigenvalue weighted by Crippen LogP contribution is 2.16. The first-order valence-corrected chi connectivity index (χ1v) is 7.68. The minimum absolute atomic E-state index is 0. The minimum atomic E-state index is 0. The summed E-state index contributed by atoms with van der Waals surface area (Å²) >= 11 is 0. The van der Waals surface area contributed by atoms with Crippen molar-refractivity contribution >= 4 is 12.4 Å². The molecule has 2 rings (SSSR count). The Morgan fingerprint density at radius 1 is 0.955 bits per heavy atom. The summed E-state index contributed by atoms with van der Waals surface area (Å²) in [4.78, 5) is 4.98. The number of hydrogen-bond acceptors (Lipinski definition) is 4. The summed E-state index contributed by atoms with van der Waals surface area (Å²) in [7, 11) is 1.67. The third kappa shape index (κ3) is 6.26. The maximum atomic E-state index is 5.66. The van der Waals surface area contributed by atoms with Crippen molar-refractivity contribution in [1.82, 2.24) is 9.80 Å². The second-order valence-electron chi connectivity index (χ2n) is 5.19. The van der Waals surface area contributed by atoms with E-state index >= 15 is 0 Å². The smallest absolute Gasteiger partial charge is 0.120 e. The van der Waals surface area contributed by atoms with E-state index in [0.29, 0.717) is 6.61 Å². The van der Waals surface area contributed by atoms with Gasteiger partial charge in [0.2, 0.25) is 0 Å². The fourth-order valence-corrected chi connectivity index (χ4v) is 2.40. The van der Waals surface area contributed by atoms with Crippen LogP contribution in [0.2, 0.25) is 0 Å². The van der Waals surface area contributed by atoms with E-state index < -0.39 is 0 Å². The molecule has 1 aromatic carbocycles. The first-order chi connectivity index (χ1) is 10.3. The molecule has 1 aliphatic rings. The molecule has 1 fully saturated rings. The number of ether oxygens (including phenoxy) is 2. The molecule has 4 nitrogen and oxygen atoms in total. The highest BCUT2D eigenvalue weighted by atomic mass is 35.5. The van der Waals surface area contributed by atoms with E-state index in [2.05, 4.69) is 28.9 Å². The quantitative estimate of drug-likeness (QED) is 0.719. The predicted octanol–water partition coefficient (Wildman–Crippen LogP) is 2.69. The van der Waals surface area contributed by atoms with Crippen molar-refractivity contribution < 1.29 is 9.47 Å². The van der Waals surface area contributed by atoms with E-state index in [1.165, 1.54) is 19.6 Å². The van der Waals surface area contributed by atoms with Crippen LogP contribution in [0.5, 0.6) is 11.5 Å². The Morgan fingerprint density at radius 2 is 1.55 bits per heavy atom. The Balaban J connectivity index is 0.00000242. The summed E-state index contributed by atoms with van der Waals surface area (Å²) in [5, 5.41) is 0. The number of rotatable bonds is 7. The average Bonchev–Trinajstić information content (AvgIpc) is 2.55. The van der Waals surface area contributed by atoms with Crippen LogP contribution < -0.4 is 9.47 Å². The van der Waals surface area contributed by atoms with Crippen LogP contribution in [0, 0.1) is 0 Å². The van der Waals surface area contributed by atoms with E-state index in [1.54, 1.807) is 7.11 Å². The molecule has 0 atom stereocenters. The lowest BCUT2D eigenvalue weighted by Crippen LogP contribution is -2.46. The van der Waals surface area contributed by atoms with Gasteiger partial charge in [0.05, 0.1) is 7.11 Å². The Morgan fingerprint density at radius 3 is 2.14 bits per heavy atom. The molecule has 1 saturated heterocycles. The molecule has 22 heavy (non-hydrogen) atoms. The van der Waals surface area contributed by atoms with Crippen molar-refractivity contribution in [2.24, 2.45) is 0 Å². The SMILES string of the molecule is CCN1CCN(C/C=C/COc2ccc(OC)cc2)CC1.Cl. The van der Waals surface area contributed by atoms with Gasteiger partial charge in [0, 0.05) is 32.7 Å². The molecule has 0 aliphatic carbocycles. The van der Waals surface area contributed by atoms with Crippen molar-refractivity contribution in [2.75, 3.05) is 53.0 Å². The number of benzene rings is 1.